The largest absolute Gasteiger partial charge is 0.368 e. The number of nitrogens with zero attached hydrogens (tertiary/aromatic N) is 11. The number of pyridine rings is 1. The zero-order chi connectivity index (χ0) is 65.3. The Morgan fingerprint density at radius 3 is 1.68 bits per heavy atom. The van der Waals surface area contributed by atoms with E-state index in [2.05, 4.69) is 54.8 Å². The molecule has 12 rings (SSSR count). The second-order valence-electron chi connectivity index (χ2n) is 22.6. The molecule has 3 saturated heterocycles. The summed E-state index contributed by atoms with van der Waals surface area (Å²) in [6.07, 6.45) is 12.7. The topological polar surface area (TPSA) is 203 Å². The van der Waals surface area contributed by atoms with E-state index < -0.39 is 37.1 Å². The van der Waals surface area contributed by atoms with Crippen LogP contribution >= 0.6 is 22.7 Å². The molecule has 7 heterocycles. The van der Waals surface area contributed by atoms with Crippen LogP contribution in [0, 0.1) is 42.5 Å². The SMILES string of the molecule is C#Cc1cc(N2CCN(C(=O)CCCc3cccc4ncccc34)[C@@H](C)C2)ccc1F.C[C@H]1CN(c2cc(F)c(F)c(F)c2)CCN1C(=O)CCS(=O)(=O)c1cccc2ncsc12.Cc1cnc(N2CCN(C(=O)CCS(=O)(=O)c3cccc4ncsc34)CC2)nc1. The number of hydrogen-bond acceptors (Lipinski definition) is 17. The Morgan fingerprint density at radius 1 is 0.576 bits per heavy atom. The van der Waals surface area contributed by atoms with Crippen LogP contribution in [0.15, 0.2) is 136 Å². The minimum atomic E-state index is -3.68. The molecule has 3 amide bonds. The number of halogens is 4. The molecule has 480 valence electrons. The summed E-state index contributed by atoms with van der Waals surface area (Å²) >= 11 is 2.54. The van der Waals surface area contributed by atoms with Gasteiger partial charge < -0.3 is 29.4 Å². The first-order valence-corrected chi connectivity index (χ1v) is 35.0. The van der Waals surface area contributed by atoms with Crippen molar-refractivity contribution in [1.82, 2.24) is 39.6 Å². The lowest BCUT2D eigenvalue weighted by Crippen LogP contribution is -2.54. The Labute approximate surface area is 539 Å². The fourth-order valence-corrected chi connectivity index (χ4v) is 16.6. The van der Waals surface area contributed by atoms with Gasteiger partial charge in [0.25, 0.3) is 0 Å². The Kier molecular flexibility index (Phi) is 21.1. The van der Waals surface area contributed by atoms with E-state index in [1.165, 1.54) is 40.4 Å². The Balaban J connectivity index is 0.000000151. The average molecular weight is 1330 g/mol. The van der Waals surface area contributed by atoms with Crippen LogP contribution in [0.25, 0.3) is 31.3 Å². The molecule has 0 unspecified atom stereocenters. The van der Waals surface area contributed by atoms with Gasteiger partial charge >= 0.3 is 0 Å². The molecular weight excluding hydrogens is 1260 g/mol. The minimum absolute atomic E-state index is 0.0292. The van der Waals surface area contributed by atoms with Gasteiger partial charge in [0.2, 0.25) is 23.7 Å². The third-order valence-electron chi connectivity index (χ3n) is 16.4. The van der Waals surface area contributed by atoms with E-state index in [1.54, 1.807) is 93.7 Å². The number of carbonyl (C=O) groups excluding carboxylic acids is 3. The molecule has 0 radical (unpaired) electrons. The number of aryl methyl sites for hydroxylation is 2. The lowest BCUT2D eigenvalue weighted by molar-refractivity contribution is -0.134. The second kappa shape index (κ2) is 29.3. The quantitative estimate of drug-likeness (QED) is 0.0532. The van der Waals surface area contributed by atoms with Gasteiger partial charge in [0.15, 0.2) is 37.1 Å². The number of piperazine rings is 3. The van der Waals surface area contributed by atoms with Crippen molar-refractivity contribution in [2.75, 3.05) is 91.7 Å². The van der Waals surface area contributed by atoms with Crippen LogP contribution in [-0.2, 0) is 40.5 Å². The van der Waals surface area contributed by atoms with Crippen LogP contribution in [0.2, 0.25) is 0 Å². The van der Waals surface area contributed by atoms with Crippen LogP contribution < -0.4 is 14.7 Å². The molecule has 26 heteroatoms. The first kappa shape index (κ1) is 66.3. The summed E-state index contributed by atoms with van der Waals surface area (Å²) in [5.74, 6) is -2.20. The van der Waals surface area contributed by atoms with E-state index >= 15 is 0 Å². The van der Waals surface area contributed by atoms with Crippen molar-refractivity contribution in [2.24, 2.45) is 0 Å². The van der Waals surface area contributed by atoms with Crippen LogP contribution in [0.3, 0.4) is 0 Å². The fourth-order valence-electron chi connectivity index (χ4n) is 11.5. The van der Waals surface area contributed by atoms with Gasteiger partial charge in [0, 0.05) is 144 Å². The molecule has 5 aromatic carbocycles. The predicted molar refractivity (Wildman–Crippen MR) is 350 cm³/mol. The molecule has 0 N–H and O–H groups in total. The van der Waals surface area contributed by atoms with Crippen molar-refractivity contribution < 1.29 is 48.8 Å². The molecule has 92 heavy (non-hydrogen) atoms. The summed E-state index contributed by atoms with van der Waals surface area (Å²) in [6.45, 7) is 11.0. The van der Waals surface area contributed by atoms with Crippen molar-refractivity contribution in [3.63, 3.8) is 0 Å². The molecule has 18 nitrogen and oxygen atoms in total. The van der Waals surface area contributed by atoms with Gasteiger partial charge in [-0.05, 0) is 99.3 Å². The number of thiazole rings is 2. The molecule has 3 aliphatic rings. The third-order valence-corrected chi connectivity index (χ3v) is 21.9. The van der Waals surface area contributed by atoms with Gasteiger partial charge in [-0.25, -0.2) is 54.3 Å². The van der Waals surface area contributed by atoms with E-state index in [0.29, 0.717) is 78.6 Å². The van der Waals surface area contributed by atoms with Crippen LogP contribution in [0.5, 0.6) is 0 Å². The number of fused-ring (bicyclic) bond motifs is 3. The summed E-state index contributed by atoms with van der Waals surface area (Å²) in [6, 6.07) is 26.6. The average Bonchev–Trinajstić information content (AvgIpc) is 1.73. The van der Waals surface area contributed by atoms with Crippen molar-refractivity contribution in [2.45, 2.75) is 74.7 Å². The zero-order valence-electron chi connectivity index (χ0n) is 50.8. The molecule has 0 aliphatic carbocycles. The molecule has 0 saturated carbocycles. The van der Waals surface area contributed by atoms with E-state index in [9.17, 15) is 48.8 Å². The van der Waals surface area contributed by atoms with Gasteiger partial charge in [0.1, 0.15) is 5.82 Å². The number of hydrogen-bond donors (Lipinski definition) is 0. The number of terminal acetylenes is 1. The summed E-state index contributed by atoms with van der Waals surface area (Å²) in [5, 5.41) is 1.16. The van der Waals surface area contributed by atoms with Gasteiger partial charge in [-0.15, -0.1) is 29.1 Å². The number of amides is 3. The number of sulfone groups is 2. The molecule has 4 aromatic heterocycles. The number of anilines is 3. The summed E-state index contributed by atoms with van der Waals surface area (Å²) in [5.41, 5.74) is 9.06. The molecular formula is C66H67F4N11O7S4. The lowest BCUT2D eigenvalue weighted by atomic mass is 10.0. The van der Waals surface area contributed by atoms with Crippen LogP contribution in [0.4, 0.5) is 34.9 Å². The highest BCUT2D eigenvalue weighted by Crippen LogP contribution is 2.31. The number of rotatable bonds is 15. The number of carbonyl (C=O) groups is 3. The molecule has 9 aromatic rings. The molecule has 3 aliphatic heterocycles. The highest BCUT2D eigenvalue weighted by Gasteiger charge is 2.32. The maximum absolute atomic E-state index is 13.7. The number of aromatic nitrogens is 5. The van der Waals surface area contributed by atoms with Crippen molar-refractivity contribution in [1.29, 1.82) is 0 Å². The normalized spacial score (nSPS) is 16.2. The van der Waals surface area contributed by atoms with Gasteiger partial charge in [-0.1, -0.05) is 36.3 Å². The standard InChI is InChI=1S/C26H26FN3O.C21H20F3N3O3S2.C19H21N5O3S2/c1-3-20-17-22(12-13-24(20)27)29-15-16-30(19(2)18-29)26(31)11-5-8-21-7-4-10-25-23(21)9-6-14-28-25;1-13-11-26(14-9-15(22)20(24)16(23)10-14)6-7-27(13)19(28)5-8-32(29,30)18-4-2-3-17-21(18)31-12-25-17;1-14-11-20-19(21-12-14)24-8-6-23(7-9-24)17(25)5-10-29(26,27)16-4-2-3-15-18(16)28-13-22-15/h1,4,6-7,9-10,12-14,17,19H,5,8,11,15-16,18H2,2H3;2-4,9-10,12-13H,5-8,11H2,1H3;2-4,11-13H,5-10H2,1H3/t19-;13-;/m00./s1. The van der Waals surface area contributed by atoms with Gasteiger partial charge in [0.05, 0.1) is 63.8 Å². The Morgan fingerprint density at radius 2 is 1.11 bits per heavy atom. The summed E-state index contributed by atoms with van der Waals surface area (Å²) < 4.78 is 106. The predicted octanol–water partition coefficient (Wildman–Crippen LogP) is 9.94. The van der Waals surface area contributed by atoms with Gasteiger partial charge in [-0.2, -0.15) is 0 Å². The summed E-state index contributed by atoms with van der Waals surface area (Å²) in [7, 11) is -7.24. The van der Waals surface area contributed by atoms with Gasteiger partial charge in [-0.3, -0.25) is 19.4 Å². The minimum Gasteiger partial charge on any atom is -0.368 e. The maximum atomic E-state index is 13.7. The molecule has 3 fully saturated rings. The van der Waals surface area contributed by atoms with Crippen molar-refractivity contribution >= 4 is 109 Å². The monoisotopic (exact) mass is 1330 g/mol. The van der Waals surface area contributed by atoms with E-state index in [-0.39, 0.29) is 101 Å². The maximum Gasteiger partial charge on any atom is 0.225 e. The van der Waals surface area contributed by atoms with E-state index in [1.807, 2.05) is 34.9 Å². The lowest BCUT2D eigenvalue weighted by Gasteiger charge is -2.41. The second-order valence-corrected chi connectivity index (χ2v) is 28.5. The fraction of sp³-hybridized carbons (Fsp3) is 0.333. The summed E-state index contributed by atoms with van der Waals surface area (Å²) in [4.78, 5) is 71.1. The number of benzene rings is 5. The molecule has 0 bridgehead atoms. The molecule has 2 atom stereocenters. The molecule has 0 spiro atoms. The Bertz CT molecular complexity index is 4400. The highest BCUT2D eigenvalue weighted by molar-refractivity contribution is 7.92. The van der Waals surface area contributed by atoms with Crippen molar-refractivity contribution in [3.8, 4) is 12.3 Å². The first-order valence-electron chi connectivity index (χ1n) is 29.9. The highest BCUT2D eigenvalue weighted by atomic mass is 32.2. The first-order chi connectivity index (χ1) is 44.2. The third kappa shape index (κ3) is 15.6. The smallest absolute Gasteiger partial charge is 0.225 e. The van der Waals surface area contributed by atoms with Crippen LogP contribution in [-0.4, -0.2) is 163 Å². The van der Waals surface area contributed by atoms with Crippen molar-refractivity contribution in [3.05, 3.63) is 167 Å². The Hall–Kier alpha value is -8.64. The van der Waals surface area contributed by atoms with E-state index in [4.69, 9.17) is 6.42 Å². The van der Waals surface area contributed by atoms with E-state index in [0.717, 1.165) is 47.1 Å². The zero-order valence-corrected chi connectivity index (χ0v) is 54.1. The van der Waals surface area contributed by atoms with Crippen LogP contribution in [0.1, 0.15) is 56.2 Å².